The second-order valence-electron chi connectivity index (χ2n) is 6.80. The summed E-state index contributed by atoms with van der Waals surface area (Å²) in [5.41, 5.74) is 1.23. The molecule has 0 saturated heterocycles. The number of nitrogens with zero attached hydrogens (tertiary/aromatic N) is 1. The van der Waals surface area contributed by atoms with E-state index in [2.05, 4.69) is 34.6 Å². The Morgan fingerprint density at radius 3 is 2.74 bits per heavy atom. The van der Waals surface area contributed by atoms with E-state index in [0.717, 1.165) is 18.8 Å². The fourth-order valence-electron chi connectivity index (χ4n) is 3.77. The first-order chi connectivity index (χ1) is 11.4. The lowest BCUT2D eigenvalue weighted by atomic mass is 9.83. The summed E-state index contributed by atoms with van der Waals surface area (Å²) < 4.78 is 12.1. The predicted molar refractivity (Wildman–Crippen MR) is 95.6 cm³/mol. The van der Waals surface area contributed by atoms with Crippen LogP contribution in [0.15, 0.2) is 36.7 Å². The van der Waals surface area contributed by atoms with Crippen molar-refractivity contribution in [3.63, 3.8) is 0 Å². The molecule has 0 unspecified atom stereocenters. The molecule has 1 aliphatic rings. The van der Waals surface area contributed by atoms with Gasteiger partial charge in [0.25, 0.3) is 0 Å². The first kappa shape index (κ1) is 16.2. The Morgan fingerprint density at radius 1 is 1.04 bits per heavy atom. The van der Waals surface area contributed by atoms with Crippen molar-refractivity contribution >= 4 is 16.5 Å². The van der Waals surface area contributed by atoms with E-state index >= 15 is 0 Å². The lowest BCUT2D eigenvalue weighted by Gasteiger charge is -2.30. The number of hydrogen-bond acceptors (Lipinski definition) is 2. The molecule has 1 aromatic carbocycles. The molecule has 1 fully saturated rings. The molecule has 3 rings (SSSR count). The van der Waals surface area contributed by atoms with Gasteiger partial charge in [-0.25, -0.2) is 0 Å². The Hall–Kier alpha value is -1.64. The Bertz CT molecular complexity index is 600. The summed E-state index contributed by atoms with van der Waals surface area (Å²) in [6.45, 7) is -0.156. The molecular weight excluding hydrogens is 287 g/mol. The third-order valence-electron chi connectivity index (χ3n) is 5.13. The monoisotopic (exact) mass is 314 g/mol. The van der Waals surface area contributed by atoms with Crippen molar-refractivity contribution in [2.45, 2.75) is 57.4 Å². The van der Waals surface area contributed by atoms with Crippen LogP contribution in [0.3, 0.4) is 0 Å². The Labute approximate surface area is 138 Å². The van der Waals surface area contributed by atoms with Crippen LogP contribution in [0.25, 0.3) is 10.8 Å². The summed E-state index contributed by atoms with van der Waals surface area (Å²) in [7, 11) is 0. The molecule has 1 heterocycles. The van der Waals surface area contributed by atoms with Crippen LogP contribution in [0, 0.1) is 5.92 Å². The number of anilines is 1. The zero-order valence-electron chi connectivity index (χ0n) is 13.8. The second kappa shape index (κ2) is 8.28. The van der Waals surface area contributed by atoms with E-state index in [0.29, 0.717) is 6.04 Å². The maximum absolute atomic E-state index is 12.1. The van der Waals surface area contributed by atoms with Gasteiger partial charge in [-0.3, -0.25) is 9.37 Å². The van der Waals surface area contributed by atoms with Crippen LogP contribution >= 0.6 is 0 Å². The van der Waals surface area contributed by atoms with E-state index < -0.39 is 0 Å². The summed E-state index contributed by atoms with van der Waals surface area (Å²) >= 11 is 0. The quantitative estimate of drug-likeness (QED) is 0.660. The van der Waals surface area contributed by atoms with E-state index in [1.165, 1.54) is 55.0 Å². The zero-order chi connectivity index (χ0) is 15.9. The van der Waals surface area contributed by atoms with E-state index in [9.17, 15) is 4.39 Å². The maximum atomic E-state index is 12.1. The summed E-state index contributed by atoms with van der Waals surface area (Å²) in [5, 5.41) is 6.20. The molecule has 3 heteroatoms. The molecule has 124 valence electrons. The number of fused-ring (bicyclic) bond motifs is 1. The lowest BCUT2D eigenvalue weighted by Crippen LogP contribution is -2.26. The Kier molecular flexibility index (Phi) is 5.84. The van der Waals surface area contributed by atoms with Gasteiger partial charge in [-0.1, -0.05) is 31.4 Å². The van der Waals surface area contributed by atoms with Gasteiger partial charge in [0.15, 0.2) is 0 Å². The summed E-state index contributed by atoms with van der Waals surface area (Å²) in [6.07, 6.45) is 13.2. The molecule has 0 aliphatic heterocycles. The summed E-state index contributed by atoms with van der Waals surface area (Å²) in [6, 6.07) is 9.06. The Morgan fingerprint density at radius 2 is 1.91 bits per heavy atom. The molecule has 0 bridgehead atoms. The van der Waals surface area contributed by atoms with Gasteiger partial charge in [0.2, 0.25) is 0 Å². The fourth-order valence-corrected chi connectivity index (χ4v) is 3.77. The van der Waals surface area contributed by atoms with Crippen molar-refractivity contribution in [1.29, 1.82) is 0 Å². The topological polar surface area (TPSA) is 24.9 Å². The number of unbranched alkanes of at least 4 members (excludes halogenated alkanes) is 2. The van der Waals surface area contributed by atoms with Crippen LogP contribution in [0.4, 0.5) is 10.1 Å². The van der Waals surface area contributed by atoms with Crippen molar-refractivity contribution in [2.75, 3.05) is 12.0 Å². The molecule has 2 aromatic rings. The number of rotatable bonds is 7. The third kappa shape index (κ3) is 4.43. The summed E-state index contributed by atoms with van der Waals surface area (Å²) in [4.78, 5) is 4.20. The minimum Gasteiger partial charge on any atom is -0.382 e. The van der Waals surface area contributed by atoms with Crippen LogP contribution in [0.2, 0.25) is 0 Å². The highest BCUT2D eigenvalue weighted by Gasteiger charge is 2.21. The average Bonchev–Trinajstić information content (AvgIpc) is 2.60. The van der Waals surface area contributed by atoms with Crippen molar-refractivity contribution < 1.29 is 4.39 Å². The Balaban J connectivity index is 1.50. The van der Waals surface area contributed by atoms with Gasteiger partial charge in [-0.05, 0) is 50.2 Å². The molecule has 0 amide bonds. The summed E-state index contributed by atoms with van der Waals surface area (Å²) in [5.74, 6) is 0.851. The molecule has 0 spiro atoms. The molecule has 1 aliphatic carbocycles. The molecule has 1 N–H and O–H groups in total. The molecule has 23 heavy (non-hydrogen) atoms. The van der Waals surface area contributed by atoms with Gasteiger partial charge in [0, 0.05) is 34.9 Å². The number of aromatic nitrogens is 1. The molecule has 2 nitrogen and oxygen atoms in total. The fraction of sp³-hybridized carbons (Fsp3) is 0.550. The van der Waals surface area contributed by atoms with Crippen molar-refractivity contribution in [1.82, 2.24) is 4.98 Å². The van der Waals surface area contributed by atoms with Crippen molar-refractivity contribution in [3.8, 4) is 0 Å². The number of halogens is 1. The minimum absolute atomic E-state index is 0.156. The highest BCUT2D eigenvalue weighted by atomic mass is 19.1. The first-order valence-corrected chi connectivity index (χ1v) is 9.02. The first-order valence-electron chi connectivity index (χ1n) is 9.02. The SMILES string of the molecule is FCCCCCC1CCC(Nc2cccc3cnccc23)CC1. The number of nitrogens with one attached hydrogen (secondary N) is 1. The maximum Gasteiger partial charge on any atom is 0.0894 e. The van der Waals surface area contributed by atoms with E-state index in [-0.39, 0.29) is 6.67 Å². The highest BCUT2D eigenvalue weighted by molar-refractivity contribution is 5.93. The highest BCUT2D eigenvalue weighted by Crippen LogP contribution is 2.31. The van der Waals surface area contributed by atoms with E-state index in [1.54, 1.807) is 0 Å². The second-order valence-corrected chi connectivity index (χ2v) is 6.80. The molecule has 1 aromatic heterocycles. The largest absolute Gasteiger partial charge is 0.382 e. The average molecular weight is 314 g/mol. The van der Waals surface area contributed by atoms with Crippen molar-refractivity contribution in [3.05, 3.63) is 36.7 Å². The van der Waals surface area contributed by atoms with Gasteiger partial charge >= 0.3 is 0 Å². The number of benzene rings is 1. The van der Waals surface area contributed by atoms with Gasteiger partial charge in [-0.15, -0.1) is 0 Å². The van der Waals surface area contributed by atoms with Crippen molar-refractivity contribution in [2.24, 2.45) is 5.92 Å². The smallest absolute Gasteiger partial charge is 0.0894 e. The zero-order valence-corrected chi connectivity index (χ0v) is 13.8. The van der Waals surface area contributed by atoms with E-state index in [4.69, 9.17) is 0 Å². The van der Waals surface area contributed by atoms with Gasteiger partial charge < -0.3 is 5.32 Å². The number of hydrogen-bond donors (Lipinski definition) is 1. The number of alkyl halides is 1. The standard InChI is InChI=1S/C20H27FN2/c21-13-3-1-2-5-16-8-10-18(11-9-16)23-20-7-4-6-17-15-22-14-12-19(17)20/h4,6-7,12,14-16,18,23H,1-3,5,8-11,13H2. The van der Waals surface area contributed by atoms with E-state index in [1.807, 2.05) is 12.4 Å². The third-order valence-corrected chi connectivity index (χ3v) is 5.13. The van der Waals surface area contributed by atoms with Crippen LogP contribution in [0.1, 0.15) is 51.4 Å². The normalized spacial score (nSPS) is 21.4. The molecule has 0 atom stereocenters. The van der Waals surface area contributed by atoms with Crippen LogP contribution in [-0.2, 0) is 0 Å². The van der Waals surface area contributed by atoms with Crippen LogP contribution in [0.5, 0.6) is 0 Å². The molecule has 0 radical (unpaired) electrons. The minimum atomic E-state index is -0.156. The van der Waals surface area contributed by atoms with Crippen LogP contribution < -0.4 is 5.32 Å². The number of pyridine rings is 1. The van der Waals surface area contributed by atoms with Gasteiger partial charge in [0.1, 0.15) is 0 Å². The predicted octanol–water partition coefficient (Wildman–Crippen LogP) is 5.74. The van der Waals surface area contributed by atoms with Gasteiger partial charge in [-0.2, -0.15) is 0 Å². The molecular formula is C20H27FN2. The van der Waals surface area contributed by atoms with Gasteiger partial charge in [0.05, 0.1) is 6.67 Å². The molecule has 1 saturated carbocycles. The lowest BCUT2D eigenvalue weighted by molar-refractivity contribution is 0.310. The van der Waals surface area contributed by atoms with Crippen LogP contribution in [-0.4, -0.2) is 17.7 Å².